The molecule has 74 valence electrons. The van der Waals surface area contributed by atoms with Crippen molar-refractivity contribution in [3.05, 3.63) is 35.4 Å². The van der Waals surface area contributed by atoms with Crippen molar-refractivity contribution < 1.29 is 0 Å². The van der Waals surface area contributed by atoms with Gasteiger partial charge in [-0.05, 0) is 43.9 Å². The Morgan fingerprint density at radius 1 is 1.29 bits per heavy atom. The van der Waals surface area contributed by atoms with Crippen molar-refractivity contribution in [1.82, 2.24) is 4.90 Å². The van der Waals surface area contributed by atoms with E-state index in [1.165, 1.54) is 25.8 Å². The lowest BCUT2D eigenvalue weighted by molar-refractivity contribution is 0.175. The highest BCUT2D eigenvalue weighted by Gasteiger charge is 2.34. The summed E-state index contributed by atoms with van der Waals surface area (Å²) in [6.45, 7) is 3.68. The molecule has 0 spiro atoms. The van der Waals surface area contributed by atoms with Crippen molar-refractivity contribution in [2.75, 3.05) is 6.54 Å². The van der Waals surface area contributed by atoms with Crippen molar-refractivity contribution in [2.24, 2.45) is 0 Å². The summed E-state index contributed by atoms with van der Waals surface area (Å²) in [6, 6.07) is 10.5. The maximum Gasteiger partial charge on any atom is 0.0354 e. The predicted octanol–water partition coefficient (Wildman–Crippen LogP) is 2.77. The third-order valence-electron chi connectivity index (χ3n) is 3.79. The largest absolute Gasteiger partial charge is 0.293 e. The smallest absolute Gasteiger partial charge is 0.0354 e. The van der Waals surface area contributed by atoms with Gasteiger partial charge in [0.25, 0.3) is 0 Å². The molecule has 0 radical (unpaired) electrons. The lowest BCUT2D eigenvalue weighted by atomic mass is 9.89. The van der Waals surface area contributed by atoms with Crippen LogP contribution < -0.4 is 0 Å². The lowest BCUT2D eigenvalue weighted by Gasteiger charge is -2.37. The maximum absolute atomic E-state index is 2.68. The molecule has 2 aliphatic heterocycles. The van der Waals surface area contributed by atoms with Crippen LogP contribution in [0.5, 0.6) is 0 Å². The van der Waals surface area contributed by atoms with Crippen molar-refractivity contribution in [3.8, 4) is 0 Å². The molecule has 0 N–H and O–H groups in total. The molecule has 1 saturated heterocycles. The fourth-order valence-electron chi connectivity index (χ4n) is 3.13. The monoisotopic (exact) mass is 187 g/mol. The molecule has 2 aliphatic rings. The summed E-state index contributed by atoms with van der Waals surface area (Å²) >= 11 is 0. The highest BCUT2D eigenvalue weighted by Crippen LogP contribution is 2.39. The van der Waals surface area contributed by atoms with Crippen LogP contribution in [-0.2, 0) is 6.42 Å². The zero-order chi connectivity index (χ0) is 9.54. The molecular formula is C13H17N. The third kappa shape index (κ3) is 1.12. The van der Waals surface area contributed by atoms with Crippen molar-refractivity contribution in [1.29, 1.82) is 0 Å². The molecule has 1 aromatic rings. The summed E-state index contributed by atoms with van der Waals surface area (Å²) < 4.78 is 0. The Hall–Kier alpha value is -0.820. The van der Waals surface area contributed by atoms with E-state index in [-0.39, 0.29) is 0 Å². The van der Waals surface area contributed by atoms with E-state index >= 15 is 0 Å². The van der Waals surface area contributed by atoms with Crippen LogP contribution >= 0.6 is 0 Å². The first kappa shape index (κ1) is 8.49. The molecule has 1 heteroatoms. The molecule has 0 bridgehead atoms. The topological polar surface area (TPSA) is 3.24 Å². The van der Waals surface area contributed by atoms with Gasteiger partial charge in [0, 0.05) is 12.1 Å². The summed E-state index contributed by atoms with van der Waals surface area (Å²) in [4.78, 5) is 2.68. The predicted molar refractivity (Wildman–Crippen MR) is 58.3 cm³/mol. The molecule has 2 unspecified atom stereocenters. The van der Waals surface area contributed by atoms with E-state index in [0.717, 1.165) is 12.1 Å². The van der Waals surface area contributed by atoms with E-state index in [1.54, 1.807) is 11.1 Å². The Bertz CT molecular complexity index is 345. The van der Waals surface area contributed by atoms with Gasteiger partial charge in [0.2, 0.25) is 0 Å². The summed E-state index contributed by atoms with van der Waals surface area (Å²) in [5.41, 5.74) is 3.19. The van der Waals surface area contributed by atoms with Crippen molar-refractivity contribution in [2.45, 2.75) is 38.3 Å². The van der Waals surface area contributed by atoms with Gasteiger partial charge in [-0.15, -0.1) is 0 Å². The van der Waals surface area contributed by atoms with Crippen molar-refractivity contribution in [3.63, 3.8) is 0 Å². The molecule has 0 saturated carbocycles. The SMILES string of the molecule is CC1Cc2ccccc2C2CCCN12. The zero-order valence-corrected chi connectivity index (χ0v) is 8.74. The van der Waals surface area contributed by atoms with E-state index in [0.29, 0.717) is 0 Å². The molecule has 3 rings (SSSR count). The minimum Gasteiger partial charge on any atom is -0.293 e. The Labute approximate surface area is 85.7 Å². The molecule has 2 heterocycles. The molecule has 0 aliphatic carbocycles. The fraction of sp³-hybridized carbons (Fsp3) is 0.538. The van der Waals surface area contributed by atoms with Crippen LogP contribution in [0.1, 0.15) is 36.9 Å². The molecule has 1 fully saturated rings. The highest BCUT2D eigenvalue weighted by molar-refractivity contribution is 5.34. The summed E-state index contributed by atoms with van der Waals surface area (Å²) in [6.07, 6.45) is 3.98. The Balaban J connectivity index is 2.07. The average Bonchev–Trinajstić information content (AvgIpc) is 2.67. The Morgan fingerprint density at radius 3 is 3.07 bits per heavy atom. The van der Waals surface area contributed by atoms with Crippen LogP contribution in [0.3, 0.4) is 0 Å². The fourth-order valence-corrected chi connectivity index (χ4v) is 3.13. The molecule has 0 aromatic heterocycles. The minimum atomic E-state index is 0.731. The first-order chi connectivity index (χ1) is 6.86. The number of nitrogens with zero attached hydrogens (tertiary/aromatic N) is 1. The van der Waals surface area contributed by atoms with E-state index in [4.69, 9.17) is 0 Å². The maximum atomic E-state index is 2.68. The molecule has 1 nitrogen and oxygen atoms in total. The van der Waals surface area contributed by atoms with Crippen molar-refractivity contribution >= 4 is 0 Å². The summed E-state index contributed by atoms with van der Waals surface area (Å²) in [5, 5.41) is 0. The second-order valence-corrected chi connectivity index (χ2v) is 4.65. The van der Waals surface area contributed by atoms with Gasteiger partial charge < -0.3 is 0 Å². The van der Waals surface area contributed by atoms with Gasteiger partial charge in [0.05, 0.1) is 0 Å². The van der Waals surface area contributed by atoms with Crippen LogP contribution in [0, 0.1) is 0 Å². The Kier molecular flexibility index (Phi) is 1.88. The number of fused-ring (bicyclic) bond motifs is 3. The Morgan fingerprint density at radius 2 is 2.14 bits per heavy atom. The second kappa shape index (κ2) is 3.09. The normalized spacial score (nSPS) is 31.2. The van der Waals surface area contributed by atoms with Gasteiger partial charge in [-0.2, -0.15) is 0 Å². The third-order valence-corrected chi connectivity index (χ3v) is 3.79. The number of hydrogen-bond donors (Lipinski definition) is 0. The standard InChI is InChI=1S/C13H17N/c1-10-9-11-5-2-3-6-12(11)13-7-4-8-14(10)13/h2-3,5-6,10,13H,4,7-9H2,1H3. The van der Waals surface area contributed by atoms with Gasteiger partial charge in [-0.3, -0.25) is 4.90 Å². The summed E-state index contributed by atoms with van der Waals surface area (Å²) in [7, 11) is 0. The molecule has 2 atom stereocenters. The minimum absolute atomic E-state index is 0.731. The molecule has 1 aromatic carbocycles. The van der Waals surface area contributed by atoms with Crippen LogP contribution in [0.4, 0.5) is 0 Å². The van der Waals surface area contributed by atoms with Gasteiger partial charge >= 0.3 is 0 Å². The van der Waals surface area contributed by atoms with Gasteiger partial charge in [-0.25, -0.2) is 0 Å². The molecule has 14 heavy (non-hydrogen) atoms. The van der Waals surface area contributed by atoms with Gasteiger partial charge in [0.1, 0.15) is 0 Å². The van der Waals surface area contributed by atoms with Gasteiger partial charge in [-0.1, -0.05) is 24.3 Å². The van der Waals surface area contributed by atoms with E-state index in [9.17, 15) is 0 Å². The summed E-state index contributed by atoms with van der Waals surface area (Å²) in [5.74, 6) is 0. The average molecular weight is 187 g/mol. The van der Waals surface area contributed by atoms with Crippen LogP contribution in [-0.4, -0.2) is 17.5 Å². The first-order valence-corrected chi connectivity index (χ1v) is 5.70. The number of benzene rings is 1. The van der Waals surface area contributed by atoms with E-state index in [1.807, 2.05) is 0 Å². The lowest BCUT2D eigenvalue weighted by Crippen LogP contribution is -2.38. The van der Waals surface area contributed by atoms with Crippen LogP contribution in [0.15, 0.2) is 24.3 Å². The second-order valence-electron chi connectivity index (χ2n) is 4.65. The van der Waals surface area contributed by atoms with Crippen LogP contribution in [0.2, 0.25) is 0 Å². The quantitative estimate of drug-likeness (QED) is 0.603. The van der Waals surface area contributed by atoms with Gasteiger partial charge in [0.15, 0.2) is 0 Å². The van der Waals surface area contributed by atoms with E-state index < -0.39 is 0 Å². The number of hydrogen-bond acceptors (Lipinski definition) is 1. The molecular weight excluding hydrogens is 170 g/mol. The molecule has 0 amide bonds. The van der Waals surface area contributed by atoms with Crippen LogP contribution in [0.25, 0.3) is 0 Å². The number of rotatable bonds is 0. The highest BCUT2D eigenvalue weighted by atomic mass is 15.2. The zero-order valence-electron chi connectivity index (χ0n) is 8.74. The van der Waals surface area contributed by atoms with E-state index in [2.05, 4.69) is 36.1 Å². The first-order valence-electron chi connectivity index (χ1n) is 5.70.